The van der Waals surface area contributed by atoms with Gasteiger partial charge < -0.3 is 10.2 Å². The van der Waals surface area contributed by atoms with E-state index in [1.165, 1.54) is 21.7 Å². The Morgan fingerprint density at radius 3 is 3.00 bits per heavy atom. The van der Waals surface area contributed by atoms with Gasteiger partial charge in [0.1, 0.15) is 5.01 Å². The van der Waals surface area contributed by atoms with Crippen molar-refractivity contribution in [1.29, 1.82) is 0 Å². The largest absolute Gasteiger partial charge is 0.338 e. The van der Waals surface area contributed by atoms with E-state index in [0.29, 0.717) is 6.42 Å². The lowest BCUT2D eigenvalue weighted by atomic mass is 10.00. The van der Waals surface area contributed by atoms with E-state index in [1.54, 1.807) is 11.3 Å². The molecule has 2 aromatic rings. The van der Waals surface area contributed by atoms with E-state index in [0.717, 1.165) is 44.0 Å². The molecule has 2 aliphatic heterocycles. The molecule has 4 nitrogen and oxygen atoms in total. The molecule has 0 unspecified atom stereocenters. The molecule has 0 spiro atoms. The molecule has 22 heavy (non-hydrogen) atoms. The van der Waals surface area contributed by atoms with Crippen LogP contribution in [0.4, 0.5) is 0 Å². The molecule has 1 aromatic heterocycles. The maximum atomic E-state index is 12.6. The number of amides is 1. The summed E-state index contributed by atoms with van der Waals surface area (Å²) in [6, 6.07) is 8.42. The summed E-state index contributed by atoms with van der Waals surface area (Å²) in [4.78, 5) is 20.5. The van der Waals surface area contributed by atoms with Crippen molar-refractivity contribution >= 4 is 17.2 Å². The van der Waals surface area contributed by atoms with Crippen LogP contribution in [0.3, 0.4) is 0 Å². The van der Waals surface area contributed by atoms with Crippen molar-refractivity contribution in [3.05, 3.63) is 51.0 Å². The average Bonchev–Trinajstić information content (AvgIpc) is 2.96. The number of thiazole rings is 1. The van der Waals surface area contributed by atoms with Gasteiger partial charge in [0.05, 0.1) is 12.1 Å². The van der Waals surface area contributed by atoms with Crippen LogP contribution >= 0.6 is 11.3 Å². The molecule has 0 saturated carbocycles. The van der Waals surface area contributed by atoms with Gasteiger partial charge in [0.2, 0.25) is 5.91 Å². The summed E-state index contributed by atoms with van der Waals surface area (Å²) in [6.45, 7) is 3.45. The summed E-state index contributed by atoms with van der Waals surface area (Å²) >= 11 is 1.69. The maximum absolute atomic E-state index is 12.6. The van der Waals surface area contributed by atoms with Gasteiger partial charge in [-0.05, 0) is 17.5 Å². The van der Waals surface area contributed by atoms with Crippen molar-refractivity contribution in [2.75, 3.05) is 13.1 Å². The summed E-state index contributed by atoms with van der Waals surface area (Å²) in [5, 5.41) is 4.33. The summed E-state index contributed by atoms with van der Waals surface area (Å²) in [6.07, 6.45) is 2.39. The smallest absolute Gasteiger partial charge is 0.229 e. The van der Waals surface area contributed by atoms with E-state index in [4.69, 9.17) is 0 Å². The number of fused-ring (bicyclic) bond motifs is 2. The molecule has 0 atom stereocenters. The van der Waals surface area contributed by atoms with Crippen LogP contribution in [0.5, 0.6) is 0 Å². The Hall–Kier alpha value is -1.72. The number of nitrogens with zero attached hydrogens (tertiary/aromatic N) is 2. The number of benzene rings is 1. The first-order valence-corrected chi connectivity index (χ1v) is 8.64. The SMILES string of the molecule is O=C(Cc1nc2c(s1)CNCC2)N1CCc2ccccc2C1. The van der Waals surface area contributed by atoms with Gasteiger partial charge in [0.15, 0.2) is 0 Å². The van der Waals surface area contributed by atoms with Gasteiger partial charge in [-0.1, -0.05) is 24.3 Å². The molecule has 1 N–H and O–H groups in total. The molecule has 1 amide bonds. The van der Waals surface area contributed by atoms with Crippen LogP contribution in [0, 0.1) is 0 Å². The zero-order valence-corrected chi connectivity index (χ0v) is 13.3. The van der Waals surface area contributed by atoms with Crippen LogP contribution in [0.2, 0.25) is 0 Å². The third-order valence-electron chi connectivity index (χ3n) is 4.43. The molecule has 114 valence electrons. The standard InChI is InChI=1S/C17H19N3OS/c21-17(9-16-19-14-5-7-18-10-15(14)22-16)20-8-6-12-3-1-2-4-13(12)11-20/h1-4,18H,5-11H2. The molecular weight excluding hydrogens is 294 g/mol. The first-order chi connectivity index (χ1) is 10.8. The fourth-order valence-electron chi connectivity index (χ4n) is 3.20. The summed E-state index contributed by atoms with van der Waals surface area (Å²) in [5.41, 5.74) is 3.85. The van der Waals surface area contributed by atoms with Crippen LogP contribution in [0.15, 0.2) is 24.3 Å². The highest BCUT2D eigenvalue weighted by atomic mass is 32.1. The van der Waals surface area contributed by atoms with Gasteiger partial charge in [-0.25, -0.2) is 4.98 Å². The number of carbonyl (C=O) groups is 1. The number of carbonyl (C=O) groups excluding carboxylic acids is 1. The molecule has 0 saturated heterocycles. The van der Waals surface area contributed by atoms with Crippen LogP contribution in [-0.2, 0) is 37.1 Å². The van der Waals surface area contributed by atoms with E-state index in [2.05, 4.69) is 34.6 Å². The van der Waals surface area contributed by atoms with Crippen molar-refractivity contribution in [2.45, 2.75) is 32.4 Å². The fraction of sp³-hybridized carbons (Fsp3) is 0.412. The van der Waals surface area contributed by atoms with Crippen molar-refractivity contribution in [3.8, 4) is 0 Å². The molecule has 5 heteroatoms. The highest BCUT2D eigenvalue weighted by molar-refractivity contribution is 7.11. The predicted octanol–water partition coefficient (Wildman–Crippen LogP) is 1.92. The maximum Gasteiger partial charge on any atom is 0.229 e. The normalized spacial score (nSPS) is 17.0. The summed E-state index contributed by atoms with van der Waals surface area (Å²) < 4.78 is 0. The number of nitrogens with one attached hydrogen (secondary N) is 1. The van der Waals surface area contributed by atoms with E-state index >= 15 is 0 Å². The Balaban J connectivity index is 1.45. The molecule has 2 aliphatic rings. The highest BCUT2D eigenvalue weighted by Gasteiger charge is 2.22. The number of hydrogen-bond acceptors (Lipinski definition) is 4. The number of hydrogen-bond donors (Lipinski definition) is 1. The Morgan fingerprint density at radius 1 is 1.27 bits per heavy atom. The second kappa shape index (κ2) is 5.82. The Kier molecular flexibility index (Phi) is 3.68. The quantitative estimate of drug-likeness (QED) is 0.921. The van der Waals surface area contributed by atoms with Gasteiger partial charge in [0, 0.05) is 37.5 Å². The minimum absolute atomic E-state index is 0.202. The fourth-order valence-corrected chi connectivity index (χ4v) is 4.28. The highest BCUT2D eigenvalue weighted by Crippen LogP contribution is 2.24. The van der Waals surface area contributed by atoms with Crippen molar-refractivity contribution in [2.24, 2.45) is 0 Å². The van der Waals surface area contributed by atoms with Crippen molar-refractivity contribution in [3.63, 3.8) is 0 Å². The third kappa shape index (κ3) is 2.66. The minimum atomic E-state index is 0.202. The zero-order chi connectivity index (χ0) is 14.9. The van der Waals surface area contributed by atoms with Gasteiger partial charge in [-0.15, -0.1) is 11.3 Å². The van der Waals surface area contributed by atoms with Crippen LogP contribution in [-0.4, -0.2) is 28.9 Å². The van der Waals surface area contributed by atoms with Crippen LogP contribution in [0.1, 0.15) is 26.7 Å². The van der Waals surface area contributed by atoms with Gasteiger partial charge >= 0.3 is 0 Å². The number of aromatic nitrogens is 1. The topological polar surface area (TPSA) is 45.2 Å². The lowest BCUT2D eigenvalue weighted by Gasteiger charge is -2.28. The van der Waals surface area contributed by atoms with E-state index in [1.807, 2.05) is 4.90 Å². The van der Waals surface area contributed by atoms with Gasteiger partial charge in [-0.3, -0.25) is 4.79 Å². The molecule has 0 fully saturated rings. The first kappa shape index (κ1) is 13.9. The zero-order valence-electron chi connectivity index (χ0n) is 12.5. The molecule has 1 aromatic carbocycles. The van der Waals surface area contributed by atoms with Gasteiger partial charge in [0.25, 0.3) is 0 Å². The van der Waals surface area contributed by atoms with Gasteiger partial charge in [-0.2, -0.15) is 0 Å². The second-order valence-corrected chi connectivity index (χ2v) is 7.08. The Morgan fingerprint density at radius 2 is 2.14 bits per heavy atom. The molecule has 0 bridgehead atoms. The molecule has 3 heterocycles. The lowest BCUT2D eigenvalue weighted by molar-refractivity contribution is -0.131. The van der Waals surface area contributed by atoms with E-state index < -0.39 is 0 Å². The summed E-state index contributed by atoms with van der Waals surface area (Å²) in [5.74, 6) is 0.202. The van der Waals surface area contributed by atoms with Crippen molar-refractivity contribution in [1.82, 2.24) is 15.2 Å². The predicted molar refractivity (Wildman–Crippen MR) is 86.8 cm³/mol. The molecule has 4 rings (SSSR count). The van der Waals surface area contributed by atoms with E-state index in [-0.39, 0.29) is 5.91 Å². The molecule has 0 aliphatic carbocycles. The van der Waals surface area contributed by atoms with Crippen molar-refractivity contribution < 1.29 is 4.79 Å². The third-order valence-corrected chi connectivity index (χ3v) is 5.53. The van der Waals surface area contributed by atoms with Crippen LogP contribution < -0.4 is 5.32 Å². The number of rotatable bonds is 2. The van der Waals surface area contributed by atoms with Crippen LogP contribution in [0.25, 0.3) is 0 Å². The Labute approximate surface area is 134 Å². The second-order valence-electron chi connectivity index (χ2n) is 5.92. The Bertz CT molecular complexity index is 686. The lowest BCUT2D eigenvalue weighted by Crippen LogP contribution is -2.36. The minimum Gasteiger partial charge on any atom is -0.338 e. The average molecular weight is 313 g/mol. The first-order valence-electron chi connectivity index (χ1n) is 7.82. The molecular formula is C17H19N3OS. The van der Waals surface area contributed by atoms with E-state index in [9.17, 15) is 4.79 Å². The monoisotopic (exact) mass is 313 g/mol. The molecule has 0 radical (unpaired) electrons. The summed E-state index contributed by atoms with van der Waals surface area (Å²) in [7, 11) is 0.